The minimum Gasteiger partial charge on any atom is -0.352 e. The first-order valence-electron chi connectivity index (χ1n) is 5.72. The zero-order valence-electron chi connectivity index (χ0n) is 11.5. The highest BCUT2D eigenvalue weighted by molar-refractivity contribution is 14.0. The molecule has 0 spiro atoms. The Hall–Kier alpha value is -0.870. The number of nitrogens with one attached hydrogen (secondary N) is 2. The Morgan fingerprint density at radius 1 is 1.42 bits per heavy atom. The van der Waals surface area contributed by atoms with Gasteiger partial charge in [-0.05, 0) is 30.4 Å². The van der Waals surface area contributed by atoms with Crippen LogP contribution in [0, 0.1) is 19.3 Å². The van der Waals surface area contributed by atoms with Crippen LogP contribution in [0.4, 0.5) is 0 Å². The van der Waals surface area contributed by atoms with Crippen molar-refractivity contribution < 1.29 is 0 Å². The van der Waals surface area contributed by atoms with Crippen LogP contribution in [0.25, 0.3) is 0 Å². The van der Waals surface area contributed by atoms with Crippen LogP contribution < -0.4 is 10.6 Å². The molecule has 0 amide bonds. The first-order chi connectivity index (χ1) is 8.71. The molecule has 0 saturated heterocycles. The number of rotatable bonds is 4. The number of hydrogen-bond acceptors (Lipinski definition) is 2. The van der Waals surface area contributed by atoms with Crippen LogP contribution in [0.1, 0.15) is 11.1 Å². The Balaban J connectivity index is 0.00000324. The zero-order valence-corrected chi connectivity index (χ0v) is 14.6. The predicted molar refractivity (Wildman–Crippen MR) is 95.4 cm³/mol. The van der Waals surface area contributed by atoms with Crippen molar-refractivity contribution in [2.45, 2.75) is 18.4 Å². The maximum Gasteiger partial charge on any atom is 0.192 e. The van der Waals surface area contributed by atoms with Crippen LogP contribution in [0.3, 0.4) is 0 Å². The molecule has 0 unspecified atom stereocenters. The predicted octanol–water partition coefficient (Wildman–Crippen LogP) is 2.63. The van der Waals surface area contributed by atoms with Gasteiger partial charge in [-0.1, -0.05) is 18.1 Å². The van der Waals surface area contributed by atoms with Crippen molar-refractivity contribution in [2.24, 2.45) is 4.99 Å². The van der Waals surface area contributed by atoms with Crippen LogP contribution in [-0.4, -0.2) is 25.8 Å². The van der Waals surface area contributed by atoms with E-state index in [-0.39, 0.29) is 24.0 Å². The summed E-state index contributed by atoms with van der Waals surface area (Å²) in [5.74, 6) is 3.25. The lowest BCUT2D eigenvalue weighted by molar-refractivity contribution is 0.837. The molecule has 104 valence electrons. The summed E-state index contributed by atoms with van der Waals surface area (Å²) in [5, 5.41) is 6.28. The SMILES string of the molecule is C#CCNC(=NC)NCc1ccc(C)cc1SC.I. The summed E-state index contributed by atoms with van der Waals surface area (Å²) in [6, 6.07) is 6.45. The molecule has 1 aromatic carbocycles. The summed E-state index contributed by atoms with van der Waals surface area (Å²) >= 11 is 1.75. The van der Waals surface area contributed by atoms with E-state index in [4.69, 9.17) is 6.42 Å². The molecule has 2 N–H and O–H groups in total. The lowest BCUT2D eigenvalue weighted by Gasteiger charge is -2.12. The van der Waals surface area contributed by atoms with Crippen LogP contribution >= 0.6 is 35.7 Å². The number of aryl methyl sites for hydroxylation is 1. The van der Waals surface area contributed by atoms with Crippen molar-refractivity contribution in [1.82, 2.24) is 10.6 Å². The summed E-state index contributed by atoms with van der Waals surface area (Å²) in [4.78, 5) is 5.39. The number of nitrogens with zero attached hydrogens (tertiary/aromatic N) is 1. The Labute approximate surface area is 137 Å². The number of guanidine groups is 1. The first-order valence-corrected chi connectivity index (χ1v) is 6.95. The lowest BCUT2D eigenvalue weighted by atomic mass is 10.1. The first kappa shape index (κ1) is 18.1. The molecule has 0 bridgehead atoms. The van der Waals surface area contributed by atoms with Crippen molar-refractivity contribution in [3.05, 3.63) is 29.3 Å². The quantitative estimate of drug-likeness (QED) is 0.273. The molecule has 0 aliphatic rings. The van der Waals surface area contributed by atoms with Gasteiger partial charge >= 0.3 is 0 Å². The molecule has 5 heteroatoms. The van der Waals surface area contributed by atoms with E-state index in [0.29, 0.717) is 6.54 Å². The second kappa shape index (κ2) is 9.98. The fraction of sp³-hybridized carbons (Fsp3) is 0.357. The van der Waals surface area contributed by atoms with Gasteiger partial charge in [-0.25, -0.2) is 0 Å². The molecule has 0 aliphatic carbocycles. The highest BCUT2D eigenvalue weighted by atomic mass is 127. The van der Waals surface area contributed by atoms with Crippen molar-refractivity contribution in [1.29, 1.82) is 0 Å². The number of hydrogen-bond donors (Lipinski definition) is 2. The number of thioether (sulfide) groups is 1. The lowest BCUT2D eigenvalue weighted by Crippen LogP contribution is -2.37. The van der Waals surface area contributed by atoms with Gasteiger partial charge in [0.25, 0.3) is 0 Å². The van der Waals surface area contributed by atoms with Crippen molar-refractivity contribution in [3.8, 4) is 12.3 Å². The van der Waals surface area contributed by atoms with E-state index in [1.54, 1.807) is 18.8 Å². The van der Waals surface area contributed by atoms with Crippen molar-refractivity contribution in [2.75, 3.05) is 19.8 Å². The standard InChI is InChI=1S/C14H19N3S.HI/c1-5-8-16-14(15-3)17-10-12-7-6-11(2)9-13(12)18-4;/h1,6-7,9H,8,10H2,2-4H3,(H2,15,16,17);1H. The smallest absolute Gasteiger partial charge is 0.192 e. The van der Waals surface area contributed by atoms with Gasteiger partial charge in [0.2, 0.25) is 0 Å². The second-order valence-electron chi connectivity index (χ2n) is 3.80. The molecule has 1 aromatic rings. The third-order valence-corrected chi connectivity index (χ3v) is 3.29. The number of halogens is 1. The third kappa shape index (κ3) is 6.21. The molecule has 1 rings (SSSR count). The van der Waals surface area contributed by atoms with Crippen molar-refractivity contribution in [3.63, 3.8) is 0 Å². The zero-order chi connectivity index (χ0) is 13.4. The molecule has 0 saturated carbocycles. The Kier molecular flexibility index (Phi) is 9.53. The normalized spacial score (nSPS) is 10.3. The fourth-order valence-corrected chi connectivity index (χ4v) is 2.24. The van der Waals surface area contributed by atoms with Gasteiger partial charge in [0.05, 0.1) is 6.54 Å². The van der Waals surface area contributed by atoms with E-state index in [2.05, 4.69) is 52.9 Å². The largest absolute Gasteiger partial charge is 0.352 e. The molecule has 0 fully saturated rings. The molecular weight excluding hydrogens is 369 g/mol. The monoisotopic (exact) mass is 389 g/mol. The maximum absolute atomic E-state index is 5.20. The van der Waals surface area contributed by atoms with Gasteiger partial charge in [-0.3, -0.25) is 4.99 Å². The van der Waals surface area contributed by atoms with E-state index in [9.17, 15) is 0 Å². The average molecular weight is 389 g/mol. The van der Waals surface area contributed by atoms with Gasteiger partial charge in [-0.15, -0.1) is 42.2 Å². The van der Waals surface area contributed by atoms with E-state index >= 15 is 0 Å². The summed E-state index contributed by atoms with van der Waals surface area (Å²) in [7, 11) is 1.73. The summed E-state index contributed by atoms with van der Waals surface area (Å²) in [5.41, 5.74) is 2.54. The van der Waals surface area contributed by atoms with Gasteiger partial charge in [0, 0.05) is 18.5 Å². The Morgan fingerprint density at radius 3 is 2.74 bits per heavy atom. The maximum atomic E-state index is 5.20. The highest BCUT2D eigenvalue weighted by Crippen LogP contribution is 2.21. The van der Waals surface area contributed by atoms with E-state index in [0.717, 1.165) is 12.5 Å². The van der Waals surface area contributed by atoms with E-state index in [1.165, 1.54) is 16.0 Å². The summed E-state index contributed by atoms with van der Waals surface area (Å²) in [6.07, 6.45) is 7.29. The molecule has 3 nitrogen and oxygen atoms in total. The van der Waals surface area contributed by atoms with E-state index in [1.807, 2.05) is 0 Å². The summed E-state index contributed by atoms with van der Waals surface area (Å²) in [6.45, 7) is 3.31. The van der Waals surface area contributed by atoms with Gasteiger partial charge in [-0.2, -0.15) is 0 Å². The molecule has 0 radical (unpaired) electrons. The average Bonchev–Trinajstić information content (AvgIpc) is 2.40. The summed E-state index contributed by atoms with van der Waals surface area (Å²) < 4.78 is 0. The van der Waals surface area contributed by atoms with Crippen LogP contribution in [0.15, 0.2) is 28.1 Å². The third-order valence-electron chi connectivity index (χ3n) is 2.47. The minimum absolute atomic E-state index is 0. The molecule has 19 heavy (non-hydrogen) atoms. The Morgan fingerprint density at radius 2 is 2.16 bits per heavy atom. The van der Waals surface area contributed by atoms with Gasteiger partial charge < -0.3 is 10.6 Å². The molecule has 0 atom stereocenters. The molecule has 0 aliphatic heterocycles. The van der Waals surface area contributed by atoms with Gasteiger partial charge in [0.15, 0.2) is 5.96 Å². The van der Waals surface area contributed by atoms with Crippen LogP contribution in [0.5, 0.6) is 0 Å². The molecular formula is C14H20IN3S. The van der Waals surface area contributed by atoms with Crippen molar-refractivity contribution >= 4 is 41.7 Å². The number of benzene rings is 1. The van der Waals surface area contributed by atoms with Gasteiger partial charge in [0.1, 0.15) is 0 Å². The van der Waals surface area contributed by atoms with Crippen LogP contribution in [0.2, 0.25) is 0 Å². The second-order valence-corrected chi connectivity index (χ2v) is 4.65. The Bertz CT molecular complexity index is 466. The van der Waals surface area contributed by atoms with Crippen LogP contribution in [-0.2, 0) is 6.54 Å². The molecule has 0 aromatic heterocycles. The fourth-order valence-electron chi connectivity index (χ4n) is 1.53. The number of aliphatic imine (C=N–C) groups is 1. The minimum atomic E-state index is 0. The molecule has 0 heterocycles. The highest BCUT2D eigenvalue weighted by Gasteiger charge is 2.03. The topological polar surface area (TPSA) is 36.4 Å². The number of terminal acetylenes is 1. The van der Waals surface area contributed by atoms with E-state index < -0.39 is 0 Å².